The standard InChI is InChI=1S/C16H27N3O3/c1-4-17-16(19-10-11-22-5-2)18-9-8-13-6-7-14(20)15(12-13)21-3/h6-7,12,20H,4-5,8-11H2,1-3H3,(H2,17,18,19). The number of phenols is 1. The topological polar surface area (TPSA) is 75.1 Å². The van der Waals surface area contributed by atoms with Gasteiger partial charge in [-0.3, -0.25) is 4.99 Å². The van der Waals surface area contributed by atoms with Crippen LogP contribution in [0.5, 0.6) is 11.5 Å². The summed E-state index contributed by atoms with van der Waals surface area (Å²) in [6.07, 6.45) is 0.812. The number of guanidine groups is 1. The molecule has 0 aliphatic rings. The monoisotopic (exact) mass is 309 g/mol. The lowest BCUT2D eigenvalue weighted by molar-refractivity contribution is 0.155. The lowest BCUT2D eigenvalue weighted by Gasteiger charge is -2.12. The Morgan fingerprint density at radius 3 is 2.77 bits per heavy atom. The second-order valence-electron chi connectivity index (χ2n) is 4.64. The van der Waals surface area contributed by atoms with Crippen molar-refractivity contribution in [2.45, 2.75) is 20.3 Å². The van der Waals surface area contributed by atoms with E-state index in [4.69, 9.17) is 9.47 Å². The maximum Gasteiger partial charge on any atom is 0.191 e. The zero-order valence-corrected chi connectivity index (χ0v) is 13.7. The number of aromatic hydroxyl groups is 1. The van der Waals surface area contributed by atoms with Crippen molar-refractivity contribution in [1.82, 2.24) is 10.6 Å². The first-order valence-electron chi connectivity index (χ1n) is 7.67. The van der Waals surface area contributed by atoms with Gasteiger partial charge in [-0.1, -0.05) is 6.07 Å². The number of nitrogens with one attached hydrogen (secondary N) is 2. The number of phenolic OH excluding ortho intramolecular Hbond substituents is 1. The summed E-state index contributed by atoms with van der Waals surface area (Å²) in [4.78, 5) is 4.43. The Bertz CT molecular complexity index is 464. The first-order valence-corrected chi connectivity index (χ1v) is 7.67. The van der Waals surface area contributed by atoms with Crippen LogP contribution in [0, 0.1) is 0 Å². The van der Waals surface area contributed by atoms with Crippen molar-refractivity contribution in [3.63, 3.8) is 0 Å². The van der Waals surface area contributed by atoms with Crippen molar-refractivity contribution in [2.75, 3.05) is 40.0 Å². The molecule has 0 spiro atoms. The predicted octanol–water partition coefficient (Wildman–Crippen LogP) is 1.53. The number of methoxy groups -OCH3 is 1. The second kappa shape index (κ2) is 10.7. The SMILES string of the molecule is CCNC(=NCCOCC)NCCc1ccc(O)c(OC)c1. The number of aliphatic imine (C=N–C) groups is 1. The van der Waals surface area contributed by atoms with Crippen LogP contribution in [-0.4, -0.2) is 51.0 Å². The number of benzene rings is 1. The molecule has 22 heavy (non-hydrogen) atoms. The highest BCUT2D eigenvalue weighted by atomic mass is 16.5. The van der Waals surface area contributed by atoms with Crippen LogP contribution in [-0.2, 0) is 11.2 Å². The van der Waals surface area contributed by atoms with E-state index in [1.807, 2.05) is 26.0 Å². The summed E-state index contributed by atoms with van der Waals surface area (Å²) in [5.74, 6) is 1.44. The molecule has 0 bridgehead atoms. The van der Waals surface area contributed by atoms with Crippen molar-refractivity contribution in [3.8, 4) is 11.5 Å². The molecule has 0 heterocycles. The summed E-state index contributed by atoms with van der Waals surface area (Å²) in [5, 5.41) is 16.1. The van der Waals surface area contributed by atoms with E-state index in [1.165, 1.54) is 0 Å². The molecule has 0 aromatic heterocycles. The molecule has 0 unspecified atom stereocenters. The van der Waals surface area contributed by atoms with Crippen molar-refractivity contribution in [2.24, 2.45) is 4.99 Å². The minimum atomic E-state index is 0.157. The maximum absolute atomic E-state index is 9.58. The Labute approximate surface area is 132 Å². The third-order valence-corrected chi connectivity index (χ3v) is 3.00. The summed E-state index contributed by atoms with van der Waals surface area (Å²) in [5.41, 5.74) is 1.09. The minimum Gasteiger partial charge on any atom is -0.504 e. The number of ether oxygens (including phenoxy) is 2. The molecule has 0 saturated heterocycles. The Balaban J connectivity index is 2.44. The van der Waals surface area contributed by atoms with Crippen LogP contribution in [0.2, 0.25) is 0 Å². The molecular formula is C16H27N3O3. The molecule has 1 aromatic carbocycles. The van der Waals surface area contributed by atoms with Gasteiger partial charge in [0, 0.05) is 19.7 Å². The molecule has 0 fully saturated rings. The molecule has 0 saturated carbocycles. The normalized spacial score (nSPS) is 11.3. The highest BCUT2D eigenvalue weighted by Gasteiger charge is 2.03. The molecule has 3 N–H and O–H groups in total. The Morgan fingerprint density at radius 1 is 1.27 bits per heavy atom. The average Bonchev–Trinajstić information content (AvgIpc) is 2.53. The number of hydrogen-bond acceptors (Lipinski definition) is 4. The van der Waals surface area contributed by atoms with Crippen LogP contribution in [0.1, 0.15) is 19.4 Å². The maximum atomic E-state index is 9.58. The average molecular weight is 309 g/mol. The van der Waals surface area contributed by atoms with Crippen molar-refractivity contribution in [1.29, 1.82) is 0 Å². The lowest BCUT2D eigenvalue weighted by Crippen LogP contribution is -2.38. The van der Waals surface area contributed by atoms with E-state index >= 15 is 0 Å². The van der Waals surface area contributed by atoms with Gasteiger partial charge in [0.1, 0.15) is 0 Å². The highest BCUT2D eigenvalue weighted by molar-refractivity contribution is 5.79. The smallest absolute Gasteiger partial charge is 0.191 e. The summed E-state index contributed by atoms with van der Waals surface area (Å²) in [6.45, 7) is 7.53. The highest BCUT2D eigenvalue weighted by Crippen LogP contribution is 2.26. The van der Waals surface area contributed by atoms with Gasteiger partial charge in [0.15, 0.2) is 17.5 Å². The molecule has 0 amide bonds. The Kier molecular flexibility index (Phi) is 8.83. The van der Waals surface area contributed by atoms with Gasteiger partial charge >= 0.3 is 0 Å². The molecule has 0 aliphatic carbocycles. The van der Waals surface area contributed by atoms with Gasteiger partial charge in [0.25, 0.3) is 0 Å². The van der Waals surface area contributed by atoms with Crippen LogP contribution in [0.15, 0.2) is 23.2 Å². The van der Waals surface area contributed by atoms with Crippen molar-refractivity contribution < 1.29 is 14.6 Å². The van der Waals surface area contributed by atoms with Gasteiger partial charge in [-0.15, -0.1) is 0 Å². The molecule has 1 rings (SSSR count). The van der Waals surface area contributed by atoms with E-state index in [2.05, 4.69) is 15.6 Å². The summed E-state index contributed by atoms with van der Waals surface area (Å²) in [7, 11) is 1.55. The molecule has 1 aromatic rings. The Morgan fingerprint density at radius 2 is 2.09 bits per heavy atom. The predicted molar refractivity (Wildman–Crippen MR) is 88.8 cm³/mol. The van der Waals surface area contributed by atoms with Gasteiger partial charge in [-0.2, -0.15) is 0 Å². The van der Waals surface area contributed by atoms with Crippen molar-refractivity contribution in [3.05, 3.63) is 23.8 Å². The third-order valence-electron chi connectivity index (χ3n) is 3.00. The van der Waals surface area contributed by atoms with Crippen LogP contribution in [0.4, 0.5) is 0 Å². The van der Waals surface area contributed by atoms with Crippen LogP contribution < -0.4 is 15.4 Å². The van der Waals surface area contributed by atoms with Gasteiger partial charge in [-0.25, -0.2) is 0 Å². The van der Waals surface area contributed by atoms with E-state index in [9.17, 15) is 5.11 Å². The first-order chi connectivity index (χ1) is 10.7. The second-order valence-corrected chi connectivity index (χ2v) is 4.64. The van der Waals surface area contributed by atoms with E-state index in [0.717, 1.165) is 31.0 Å². The fourth-order valence-corrected chi connectivity index (χ4v) is 1.91. The Hall–Kier alpha value is -1.95. The molecule has 6 heteroatoms. The van der Waals surface area contributed by atoms with Crippen LogP contribution in [0.3, 0.4) is 0 Å². The first kappa shape index (κ1) is 18.1. The van der Waals surface area contributed by atoms with Crippen LogP contribution >= 0.6 is 0 Å². The number of hydrogen-bond donors (Lipinski definition) is 3. The van der Waals surface area contributed by atoms with Gasteiger partial charge in [0.05, 0.1) is 20.3 Å². The number of nitrogens with zero attached hydrogens (tertiary/aromatic N) is 1. The largest absolute Gasteiger partial charge is 0.504 e. The molecule has 0 radical (unpaired) electrons. The molecule has 0 atom stereocenters. The van der Waals surface area contributed by atoms with E-state index < -0.39 is 0 Å². The molecular weight excluding hydrogens is 282 g/mol. The molecule has 6 nitrogen and oxygen atoms in total. The van der Waals surface area contributed by atoms with E-state index in [1.54, 1.807) is 13.2 Å². The zero-order valence-electron chi connectivity index (χ0n) is 13.7. The van der Waals surface area contributed by atoms with E-state index in [-0.39, 0.29) is 5.75 Å². The lowest BCUT2D eigenvalue weighted by atomic mass is 10.1. The molecule has 0 aliphatic heterocycles. The summed E-state index contributed by atoms with van der Waals surface area (Å²) in [6, 6.07) is 5.38. The fourth-order valence-electron chi connectivity index (χ4n) is 1.91. The van der Waals surface area contributed by atoms with E-state index in [0.29, 0.717) is 25.5 Å². The molecule has 124 valence electrons. The summed E-state index contributed by atoms with van der Waals surface area (Å²) < 4.78 is 10.4. The minimum absolute atomic E-state index is 0.157. The fraction of sp³-hybridized carbons (Fsp3) is 0.562. The van der Waals surface area contributed by atoms with Gasteiger partial charge in [-0.05, 0) is 38.0 Å². The summed E-state index contributed by atoms with van der Waals surface area (Å²) >= 11 is 0. The van der Waals surface area contributed by atoms with Gasteiger partial charge in [0.2, 0.25) is 0 Å². The zero-order chi connectivity index (χ0) is 16.2. The third kappa shape index (κ3) is 6.67. The van der Waals surface area contributed by atoms with Gasteiger partial charge < -0.3 is 25.2 Å². The quantitative estimate of drug-likeness (QED) is 0.366. The van der Waals surface area contributed by atoms with Crippen molar-refractivity contribution >= 4 is 5.96 Å². The number of rotatable bonds is 9. The van der Waals surface area contributed by atoms with Crippen LogP contribution in [0.25, 0.3) is 0 Å².